The molecule has 0 bridgehead atoms. The summed E-state index contributed by atoms with van der Waals surface area (Å²) in [4.78, 5) is 4.60. The van der Waals surface area contributed by atoms with Gasteiger partial charge in [0.1, 0.15) is 5.82 Å². The molecular weight excluding hydrogens is 262 g/mol. The quantitative estimate of drug-likeness (QED) is 0.823. The Balaban J connectivity index is 1.64. The van der Waals surface area contributed by atoms with E-state index >= 15 is 0 Å². The Hall–Kier alpha value is -1.39. The first-order chi connectivity index (χ1) is 10.1. The van der Waals surface area contributed by atoms with Crippen LogP contribution in [0.25, 0.3) is 11.0 Å². The zero-order valence-corrected chi connectivity index (χ0v) is 13.0. The monoisotopic (exact) mass is 287 g/mol. The van der Waals surface area contributed by atoms with Crippen molar-refractivity contribution in [2.75, 3.05) is 6.61 Å². The zero-order valence-electron chi connectivity index (χ0n) is 13.0. The summed E-state index contributed by atoms with van der Waals surface area (Å²) in [6, 6.07) is 8.90. The largest absolute Gasteiger partial charge is 0.394 e. The lowest BCUT2D eigenvalue weighted by molar-refractivity contribution is 0.160. The van der Waals surface area contributed by atoms with Crippen LogP contribution in [0, 0.1) is 6.92 Å². The van der Waals surface area contributed by atoms with Gasteiger partial charge in [-0.1, -0.05) is 12.1 Å². The van der Waals surface area contributed by atoms with Crippen molar-refractivity contribution in [2.24, 2.45) is 0 Å². The van der Waals surface area contributed by atoms with Gasteiger partial charge in [0, 0.05) is 18.1 Å². The molecular formula is C17H25N3O. The zero-order chi connectivity index (χ0) is 14.9. The highest BCUT2D eigenvalue weighted by molar-refractivity contribution is 5.75. The van der Waals surface area contributed by atoms with E-state index in [1.165, 1.54) is 18.4 Å². The van der Waals surface area contributed by atoms with E-state index in [-0.39, 0.29) is 12.1 Å². The minimum absolute atomic E-state index is 0.147. The van der Waals surface area contributed by atoms with Crippen molar-refractivity contribution >= 4 is 11.0 Å². The summed E-state index contributed by atoms with van der Waals surface area (Å²) in [5, 5.41) is 13.2. The Morgan fingerprint density at radius 1 is 1.38 bits per heavy atom. The third-order valence-corrected chi connectivity index (χ3v) is 4.43. The third-order valence-electron chi connectivity index (χ3n) is 4.43. The molecule has 0 spiro atoms. The van der Waals surface area contributed by atoms with Crippen molar-refractivity contribution in [1.29, 1.82) is 0 Å². The molecule has 1 fully saturated rings. The first-order valence-corrected chi connectivity index (χ1v) is 7.92. The first kappa shape index (κ1) is 14.5. The van der Waals surface area contributed by atoms with Crippen LogP contribution in [0.2, 0.25) is 0 Å². The number of imidazole rings is 1. The fourth-order valence-corrected chi connectivity index (χ4v) is 3.02. The summed E-state index contributed by atoms with van der Waals surface area (Å²) in [6.07, 6.45) is 4.52. The number of aliphatic hydroxyl groups is 1. The van der Waals surface area contributed by atoms with Gasteiger partial charge in [0.2, 0.25) is 0 Å². The second kappa shape index (κ2) is 5.78. The highest BCUT2D eigenvalue weighted by Crippen LogP contribution is 2.25. The van der Waals surface area contributed by atoms with E-state index in [4.69, 9.17) is 0 Å². The standard InChI is InChI=1S/C17H25N3O/c1-13-18-15-6-3-4-7-16(15)20(13)11-5-10-17(2,12-21)19-14-8-9-14/h3-4,6-7,14,19,21H,5,8-12H2,1-2H3. The maximum atomic E-state index is 9.66. The average Bonchev–Trinajstić information content (AvgIpc) is 3.22. The normalized spacial score (nSPS) is 18.0. The third kappa shape index (κ3) is 3.27. The Labute approximate surface area is 126 Å². The van der Waals surface area contributed by atoms with Crippen LogP contribution in [0.1, 0.15) is 38.4 Å². The van der Waals surface area contributed by atoms with Crippen LogP contribution in [0.15, 0.2) is 24.3 Å². The molecule has 2 aromatic rings. The highest BCUT2D eigenvalue weighted by Gasteiger charge is 2.31. The second-order valence-corrected chi connectivity index (χ2v) is 6.54. The molecule has 1 aromatic carbocycles. The van der Waals surface area contributed by atoms with Crippen molar-refractivity contribution in [2.45, 2.75) is 57.7 Å². The Kier molecular flexibility index (Phi) is 4.00. The predicted molar refractivity (Wildman–Crippen MR) is 85.4 cm³/mol. The molecule has 1 aliphatic carbocycles. The van der Waals surface area contributed by atoms with E-state index < -0.39 is 0 Å². The molecule has 0 amide bonds. The number of aliphatic hydroxyl groups excluding tert-OH is 1. The molecule has 1 aliphatic rings. The number of para-hydroxylation sites is 2. The van der Waals surface area contributed by atoms with E-state index in [0.717, 1.165) is 30.7 Å². The minimum atomic E-state index is -0.147. The van der Waals surface area contributed by atoms with Crippen LogP contribution in [0.5, 0.6) is 0 Å². The minimum Gasteiger partial charge on any atom is -0.394 e. The number of hydrogen-bond acceptors (Lipinski definition) is 3. The molecule has 3 rings (SSSR count). The summed E-state index contributed by atoms with van der Waals surface area (Å²) < 4.78 is 2.28. The number of aryl methyl sites for hydroxylation is 2. The molecule has 4 nitrogen and oxygen atoms in total. The van der Waals surface area contributed by atoms with Crippen LogP contribution in [-0.4, -0.2) is 32.8 Å². The van der Waals surface area contributed by atoms with Gasteiger partial charge in [-0.2, -0.15) is 0 Å². The SMILES string of the molecule is Cc1nc2ccccc2n1CCCC(C)(CO)NC1CC1. The van der Waals surface area contributed by atoms with Gasteiger partial charge in [-0.3, -0.25) is 0 Å². The molecule has 1 unspecified atom stereocenters. The number of hydrogen-bond donors (Lipinski definition) is 2. The molecule has 114 valence electrons. The smallest absolute Gasteiger partial charge is 0.106 e. The molecule has 21 heavy (non-hydrogen) atoms. The summed E-state index contributed by atoms with van der Waals surface area (Å²) in [5.74, 6) is 1.07. The molecule has 2 N–H and O–H groups in total. The lowest BCUT2D eigenvalue weighted by Crippen LogP contribution is -2.47. The molecule has 1 aromatic heterocycles. The maximum Gasteiger partial charge on any atom is 0.106 e. The van der Waals surface area contributed by atoms with E-state index in [1.54, 1.807) is 0 Å². The van der Waals surface area contributed by atoms with E-state index in [0.29, 0.717) is 6.04 Å². The van der Waals surface area contributed by atoms with Gasteiger partial charge in [-0.25, -0.2) is 4.98 Å². The first-order valence-electron chi connectivity index (χ1n) is 7.92. The van der Waals surface area contributed by atoms with Gasteiger partial charge in [0.15, 0.2) is 0 Å². The lowest BCUT2D eigenvalue weighted by atomic mass is 9.96. The van der Waals surface area contributed by atoms with Gasteiger partial charge in [-0.05, 0) is 51.7 Å². The van der Waals surface area contributed by atoms with E-state index in [1.807, 2.05) is 6.07 Å². The number of rotatable bonds is 7. The van der Waals surface area contributed by atoms with Crippen molar-refractivity contribution < 1.29 is 5.11 Å². The number of aromatic nitrogens is 2. The number of nitrogens with zero attached hydrogens (tertiary/aromatic N) is 2. The molecule has 4 heteroatoms. The van der Waals surface area contributed by atoms with Crippen LogP contribution in [0.4, 0.5) is 0 Å². The van der Waals surface area contributed by atoms with Crippen LogP contribution in [0.3, 0.4) is 0 Å². The Bertz CT molecular complexity index is 618. The Morgan fingerprint density at radius 2 is 2.14 bits per heavy atom. The molecule has 0 aliphatic heterocycles. The summed E-state index contributed by atoms with van der Waals surface area (Å²) in [5.41, 5.74) is 2.12. The molecule has 1 saturated carbocycles. The van der Waals surface area contributed by atoms with Crippen molar-refractivity contribution in [3.8, 4) is 0 Å². The molecule has 1 atom stereocenters. The van der Waals surface area contributed by atoms with Crippen molar-refractivity contribution in [3.05, 3.63) is 30.1 Å². The molecule has 1 heterocycles. The number of benzene rings is 1. The molecule has 0 radical (unpaired) electrons. The predicted octanol–water partition coefficient (Wildman–Crippen LogP) is 2.63. The molecule has 0 saturated heterocycles. The van der Waals surface area contributed by atoms with Gasteiger partial charge in [0.25, 0.3) is 0 Å². The fourth-order valence-electron chi connectivity index (χ4n) is 3.02. The maximum absolute atomic E-state index is 9.66. The summed E-state index contributed by atoms with van der Waals surface area (Å²) in [6.45, 7) is 5.35. The summed E-state index contributed by atoms with van der Waals surface area (Å²) in [7, 11) is 0. The van der Waals surface area contributed by atoms with Gasteiger partial charge in [0.05, 0.1) is 17.6 Å². The topological polar surface area (TPSA) is 50.1 Å². The van der Waals surface area contributed by atoms with Crippen molar-refractivity contribution in [1.82, 2.24) is 14.9 Å². The number of fused-ring (bicyclic) bond motifs is 1. The van der Waals surface area contributed by atoms with Gasteiger partial charge in [-0.15, -0.1) is 0 Å². The highest BCUT2D eigenvalue weighted by atomic mass is 16.3. The van der Waals surface area contributed by atoms with E-state index in [2.05, 4.69) is 46.9 Å². The van der Waals surface area contributed by atoms with Crippen LogP contribution in [-0.2, 0) is 6.54 Å². The van der Waals surface area contributed by atoms with Crippen LogP contribution >= 0.6 is 0 Å². The van der Waals surface area contributed by atoms with Gasteiger partial charge >= 0.3 is 0 Å². The van der Waals surface area contributed by atoms with Gasteiger partial charge < -0.3 is 15.0 Å². The number of nitrogens with one attached hydrogen (secondary N) is 1. The lowest BCUT2D eigenvalue weighted by Gasteiger charge is -2.29. The van der Waals surface area contributed by atoms with E-state index in [9.17, 15) is 5.11 Å². The fraction of sp³-hybridized carbons (Fsp3) is 0.588. The second-order valence-electron chi connectivity index (χ2n) is 6.54. The summed E-state index contributed by atoms with van der Waals surface area (Å²) >= 11 is 0. The Morgan fingerprint density at radius 3 is 2.86 bits per heavy atom. The van der Waals surface area contributed by atoms with Crippen molar-refractivity contribution in [3.63, 3.8) is 0 Å². The van der Waals surface area contributed by atoms with Crippen LogP contribution < -0.4 is 5.32 Å². The average molecular weight is 287 g/mol.